The molecule has 2 amide bonds. The minimum absolute atomic E-state index is 0.160. The second-order valence-corrected chi connectivity index (χ2v) is 11.5. The molecule has 2 aliphatic rings. The average molecular weight is 634 g/mol. The summed E-state index contributed by atoms with van der Waals surface area (Å²) in [5.74, 6) is 0.106. The van der Waals surface area contributed by atoms with E-state index in [1.807, 2.05) is 31.1 Å². The molecule has 4 N–H and O–H groups in total. The Kier molecular flexibility index (Phi) is 9.51. The molecule has 13 heteroatoms. The average Bonchev–Trinajstić information content (AvgIpc) is 3.60. The first-order valence-corrected chi connectivity index (χ1v) is 15.4. The second kappa shape index (κ2) is 14.2. The summed E-state index contributed by atoms with van der Waals surface area (Å²) in [4.78, 5) is 41.1. The number of nitrogens with zero attached hydrogens (tertiary/aromatic N) is 5. The number of amides is 2. The lowest BCUT2D eigenvalue weighted by molar-refractivity contribution is -0.112. The Morgan fingerprint density at radius 3 is 2.51 bits per heavy atom. The molecule has 0 bridgehead atoms. The van der Waals surface area contributed by atoms with E-state index in [4.69, 9.17) is 9.47 Å². The number of nitriles is 1. The van der Waals surface area contributed by atoms with Crippen LogP contribution in [-0.2, 0) is 9.53 Å². The lowest BCUT2D eigenvalue weighted by atomic mass is 10.1. The molecule has 1 unspecified atom stereocenters. The number of anilines is 5. The van der Waals surface area contributed by atoms with E-state index in [9.17, 15) is 14.9 Å². The molecule has 13 nitrogen and oxygen atoms in total. The van der Waals surface area contributed by atoms with Crippen molar-refractivity contribution in [2.75, 3.05) is 61.2 Å². The summed E-state index contributed by atoms with van der Waals surface area (Å²) in [5, 5.41) is 22.7. The summed E-state index contributed by atoms with van der Waals surface area (Å²) in [6.45, 7) is 2.73. The van der Waals surface area contributed by atoms with E-state index in [-0.39, 0.29) is 29.4 Å². The van der Waals surface area contributed by atoms with Gasteiger partial charge < -0.3 is 35.6 Å². The van der Waals surface area contributed by atoms with Gasteiger partial charge in [0.1, 0.15) is 17.9 Å². The Labute approximate surface area is 272 Å². The van der Waals surface area contributed by atoms with E-state index in [0.29, 0.717) is 52.5 Å². The van der Waals surface area contributed by atoms with E-state index in [0.717, 1.165) is 43.6 Å². The lowest BCUT2D eigenvalue weighted by Gasteiger charge is -2.19. The molecule has 6 rings (SSSR count). The van der Waals surface area contributed by atoms with Crippen LogP contribution >= 0.6 is 0 Å². The summed E-state index contributed by atoms with van der Waals surface area (Å²) < 4.78 is 11.7. The van der Waals surface area contributed by atoms with Crippen molar-refractivity contribution in [3.05, 3.63) is 77.8 Å². The van der Waals surface area contributed by atoms with E-state index >= 15 is 0 Å². The van der Waals surface area contributed by atoms with Crippen LogP contribution < -0.4 is 30.9 Å². The van der Waals surface area contributed by atoms with Crippen molar-refractivity contribution >= 4 is 51.4 Å². The highest BCUT2D eigenvalue weighted by Gasteiger charge is 2.22. The van der Waals surface area contributed by atoms with Gasteiger partial charge in [-0.3, -0.25) is 14.6 Å². The zero-order valence-electron chi connectivity index (χ0n) is 26.2. The number of fused-ring (bicyclic) bond motifs is 1. The molecule has 0 aliphatic carbocycles. The number of carbonyl (C=O) groups excluding carboxylic acids is 2. The summed E-state index contributed by atoms with van der Waals surface area (Å²) >= 11 is 0. The highest BCUT2D eigenvalue weighted by atomic mass is 16.5. The van der Waals surface area contributed by atoms with Crippen LogP contribution in [0.3, 0.4) is 0 Å². The molecule has 0 spiro atoms. The number of hydrogen-bond donors (Lipinski definition) is 4. The SMILES string of the molecule is CN(C)c1ccc(C(=O)Nc2cnc(Nc3c(C#N)cnc4cc(OC5CCOC5)c(NC(=O)C=C5CCNCC5)cc34)nc2)cc1. The fourth-order valence-corrected chi connectivity index (χ4v) is 5.35. The summed E-state index contributed by atoms with van der Waals surface area (Å²) in [5.41, 5.74) is 4.61. The number of piperidine rings is 1. The van der Waals surface area contributed by atoms with Gasteiger partial charge in [0, 0.05) is 55.5 Å². The van der Waals surface area contributed by atoms with Gasteiger partial charge in [0.2, 0.25) is 11.9 Å². The molecular weight excluding hydrogens is 598 g/mol. The molecule has 1 atom stereocenters. The van der Waals surface area contributed by atoms with Gasteiger partial charge in [-0.2, -0.15) is 5.26 Å². The fraction of sp³-hybridized carbons (Fsp3) is 0.294. The lowest BCUT2D eigenvalue weighted by Crippen LogP contribution is -2.24. The summed E-state index contributed by atoms with van der Waals surface area (Å²) in [7, 11) is 3.86. The summed E-state index contributed by atoms with van der Waals surface area (Å²) in [6, 6.07) is 12.9. The zero-order chi connectivity index (χ0) is 32.8. The molecule has 4 heterocycles. The first kappa shape index (κ1) is 31.4. The van der Waals surface area contributed by atoms with Gasteiger partial charge in [-0.15, -0.1) is 0 Å². The fourth-order valence-electron chi connectivity index (χ4n) is 5.35. The van der Waals surface area contributed by atoms with Crippen molar-refractivity contribution in [2.24, 2.45) is 0 Å². The first-order valence-electron chi connectivity index (χ1n) is 15.4. The van der Waals surface area contributed by atoms with Gasteiger partial charge in [0.25, 0.3) is 5.91 Å². The van der Waals surface area contributed by atoms with Gasteiger partial charge in [-0.25, -0.2) is 9.97 Å². The van der Waals surface area contributed by atoms with Crippen LogP contribution in [-0.4, -0.2) is 73.3 Å². The second-order valence-electron chi connectivity index (χ2n) is 11.5. The number of rotatable bonds is 9. The zero-order valence-corrected chi connectivity index (χ0v) is 26.2. The van der Waals surface area contributed by atoms with Crippen LogP contribution in [0, 0.1) is 11.3 Å². The number of nitrogens with one attached hydrogen (secondary N) is 4. The Bertz CT molecular complexity index is 1840. The van der Waals surface area contributed by atoms with Crippen molar-refractivity contribution in [3.63, 3.8) is 0 Å². The molecule has 2 aromatic carbocycles. The molecule has 2 aliphatic heterocycles. The van der Waals surface area contributed by atoms with Gasteiger partial charge in [-0.1, -0.05) is 5.57 Å². The number of pyridine rings is 1. The van der Waals surface area contributed by atoms with Crippen molar-refractivity contribution in [1.82, 2.24) is 20.3 Å². The van der Waals surface area contributed by atoms with Crippen LogP contribution in [0.2, 0.25) is 0 Å². The standard InChI is InChI=1S/C34H35N9O4/c1-43(2)25-5-3-22(4-6-25)33(45)40-24-18-38-34(39-19-24)42-32-23(16-35)17-37-28-15-30(47-26-9-12-46-20-26)29(14-27(28)32)41-31(44)13-21-7-10-36-11-8-21/h3-6,13-15,17-19,26,36H,7-12,20H2,1-2H3,(H,40,45)(H,41,44)(H,37,38,39,42). The quantitative estimate of drug-likeness (QED) is 0.193. The number of ether oxygens (including phenoxy) is 2. The molecule has 2 fully saturated rings. The van der Waals surface area contributed by atoms with Crippen LogP contribution in [0.1, 0.15) is 35.2 Å². The Morgan fingerprint density at radius 1 is 1.06 bits per heavy atom. The third-order valence-corrected chi connectivity index (χ3v) is 7.90. The topological polar surface area (TPSA) is 166 Å². The molecule has 0 radical (unpaired) electrons. The van der Waals surface area contributed by atoms with E-state index in [2.05, 4.69) is 42.3 Å². The van der Waals surface area contributed by atoms with Crippen LogP contribution in [0.5, 0.6) is 5.75 Å². The Balaban J connectivity index is 1.26. The predicted octanol–water partition coefficient (Wildman–Crippen LogP) is 4.37. The number of benzene rings is 2. The van der Waals surface area contributed by atoms with Crippen molar-refractivity contribution in [1.29, 1.82) is 5.26 Å². The molecule has 47 heavy (non-hydrogen) atoms. The normalized spacial score (nSPS) is 15.9. The third-order valence-electron chi connectivity index (χ3n) is 7.90. The molecule has 0 saturated carbocycles. The van der Waals surface area contributed by atoms with Crippen molar-refractivity contribution in [2.45, 2.75) is 25.4 Å². The molecule has 2 saturated heterocycles. The monoisotopic (exact) mass is 633 g/mol. The minimum atomic E-state index is -0.293. The maximum atomic E-state index is 13.1. The number of aromatic nitrogens is 3. The molecule has 4 aromatic rings. The summed E-state index contributed by atoms with van der Waals surface area (Å²) in [6.07, 6.45) is 8.25. The predicted molar refractivity (Wildman–Crippen MR) is 179 cm³/mol. The Morgan fingerprint density at radius 2 is 1.83 bits per heavy atom. The van der Waals surface area contributed by atoms with E-state index < -0.39 is 0 Å². The van der Waals surface area contributed by atoms with Crippen LogP contribution in [0.4, 0.5) is 28.7 Å². The molecule has 2 aromatic heterocycles. The minimum Gasteiger partial charge on any atom is -0.486 e. The highest BCUT2D eigenvalue weighted by Crippen LogP contribution is 2.37. The number of hydrogen-bond acceptors (Lipinski definition) is 11. The van der Waals surface area contributed by atoms with E-state index in [1.165, 1.54) is 18.6 Å². The van der Waals surface area contributed by atoms with Crippen molar-refractivity contribution in [3.8, 4) is 11.8 Å². The van der Waals surface area contributed by atoms with Gasteiger partial charge >= 0.3 is 0 Å². The largest absolute Gasteiger partial charge is 0.486 e. The molecular formula is C34H35N9O4. The molecule has 240 valence electrons. The maximum Gasteiger partial charge on any atom is 0.255 e. The van der Waals surface area contributed by atoms with Gasteiger partial charge in [-0.05, 0) is 56.3 Å². The van der Waals surface area contributed by atoms with E-state index in [1.54, 1.807) is 30.3 Å². The van der Waals surface area contributed by atoms with Crippen LogP contribution in [0.15, 0.2) is 66.6 Å². The Hall–Kier alpha value is -5.58. The maximum absolute atomic E-state index is 13.1. The van der Waals surface area contributed by atoms with Gasteiger partial charge in [0.15, 0.2) is 0 Å². The first-order chi connectivity index (χ1) is 22.9. The smallest absolute Gasteiger partial charge is 0.255 e. The van der Waals surface area contributed by atoms with Gasteiger partial charge in [0.05, 0.1) is 53.7 Å². The van der Waals surface area contributed by atoms with Crippen molar-refractivity contribution < 1.29 is 19.1 Å². The number of carbonyl (C=O) groups is 2. The third kappa shape index (κ3) is 7.63. The highest BCUT2D eigenvalue weighted by molar-refractivity contribution is 6.05. The van der Waals surface area contributed by atoms with Crippen LogP contribution in [0.25, 0.3) is 10.9 Å².